The van der Waals surface area contributed by atoms with Crippen molar-refractivity contribution in [3.8, 4) is 0 Å². The van der Waals surface area contributed by atoms with Gasteiger partial charge in [0.25, 0.3) is 0 Å². The first-order chi connectivity index (χ1) is 11.0. The van der Waals surface area contributed by atoms with Crippen LogP contribution >= 0.6 is 11.6 Å². The van der Waals surface area contributed by atoms with E-state index in [1.54, 1.807) is 7.11 Å². The van der Waals surface area contributed by atoms with Crippen molar-refractivity contribution in [3.63, 3.8) is 0 Å². The van der Waals surface area contributed by atoms with Crippen LogP contribution in [0, 0.1) is 0 Å². The molecular weight excluding hydrogens is 320 g/mol. The molecule has 0 N–H and O–H groups in total. The van der Waals surface area contributed by atoms with Crippen LogP contribution in [0.1, 0.15) is 31.1 Å². The fourth-order valence-electron chi connectivity index (χ4n) is 3.75. The average molecular weight is 341 g/mol. The molecular formula is C17H21ClO5. The molecule has 5 nitrogen and oxygen atoms in total. The highest BCUT2D eigenvalue weighted by atomic mass is 35.5. The lowest BCUT2D eigenvalue weighted by atomic mass is 9.92. The normalized spacial score (nSPS) is 38.3. The number of hydrogen-bond acceptors (Lipinski definition) is 5. The zero-order valence-electron chi connectivity index (χ0n) is 13.5. The van der Waals surface area contributed by atoms with E-state index in [2.05, 4.69) is 0 Å². The van der Waals surface area contributed by atoms with Crippen molar-refractivity contribution in [2.24, 2.45) is 0 Å². The van der Waals surface area contributed by atoms with E-state index in [1.165, 1.54) is 5.56 Å². The van der Waals surface area contributed by atoms with Gasteiger partial charge in [-0.2, -0.15) is 0 Å². The minimum absolute atomic E-state index is 0.207. The number of rotatable bonds is 2. The van der Waals surface area contributed by atoms with Gasteiger partial charge in [-0.15, -0.1) is 0 Å². The Balaban J connectivity index is 1.66. The molecule has 1 aromatic carbocycles. The maximum Gasteiger partial charge on any atom is 0.186 e. The topological polar surface area (TPSA) is 46.2 Å². The summed E-state index contributed by atoms with van der Waals surface area (Å²) in [4.78, 5) is 0. The Kier molecular flexibility index (Phi) is 3.91. The minimum atomic E-state index is -0.647. The third-order valence-corrected chi connectivity index (χ3v) is 4.89. The van der Waals surface area contributed by atoms with Crippen LogP contribution in [0.4, 0.5) is 0 Å². The molecule has 6 heteroatoms. The van der Waals surface area contributed by atoms with Gasteiger partial charge in [0, 0.05) is 12.1 Å². The molecule has 0 aromatic heterocycles. The Morgan fingerprint density at radius 2 is 1.96 bits per heavy atom. The van der Waals surface area contributed by atoms with E-state index in [1.807, 2.05) is 32.0 Å². The largest absolute Gasteiger partial charge is 0.370 e. The molecule has 1 unspecified atom stereocenters. The van der Waals surface area contributed by atoms with E-state index in [-0.39, 0.29) is 24.4 Å². The van der Waals surface area contributed by atoms with Gasteiger partial charge in [-0.3, -0.25) is 0 Å². The molecule has 0 spiro atoms. The highest BCUT2D eigenvalue weighted by molar-refractivity contribution is 6.30. The zero-order valence-corrected chi connectivity index (χ0v) is 14.2. The number of hydrogen-bond donors (Lipinski definition) is 0. The van der Waals surface area contributed by atoms with E-state index >= 15 is 0 Å². The molecule has 3 heterocycles. The smallest absolute Gasteiger partial charge is 0.186 e. The molecule has 0 amide bonds. The van der Waals surface area contributed by atoms with Crippen LogP contribution in [0.25, 0.3) is 0 Å². The van der Waals surface area contributed by atoms with Crippen LogP contribution in [-0.2, 0) is 30.1 Å². The van der Waals surface area contributed by atoms with Gasteiger partial charge < -0.3 is 23.7 Å². The Labute approximate surface area is 140 Å². The first-order valence-corrected chi connectivity index (χ1v) is 8.30. The Hall–Kier alpha value is -0.690. The van der Waals surface area contributed by atoms with Gasteiger partial charge >= 0.3 is 0 Å². The maximum absolute atomic E-state index is 6.12. The highest BCUT2D eigenvalue weighted by Gasteiger charge is 2.58. The second kappa shape index (κ2) is 5.69. The molecule has 126 valence electrons. The lowest BCUT2D eigenvalue weighted by molar-refractivity contribution is -0.241. The van der Waals surface area contributed by atoms with Gasteiger partial charge in [0.05, 0.1) is 6.61 Å². The maximum atomic E-state index is 6.12. The molecule has 3 aliphatic heterocycles. The Morgan fingerprint density at radius 1 is 1.17 bits per heavy atom. The van der Waals surface area contributed by atoms with Gasteiger partial charge in [-0.1, -0.05) is 17.7 Å². The van der Waals surface area contributed by atoms with Crippen molar-refractivity contribution in [2.75, 3.05) is 13.7 Å². The summed E-state index contributed by atoms with van der Waals surface area (Å²) in [5.74, 6) is -0.647. The molecule has 3 aliphatic rings. The van der Waals surface area contributed by atoms with Crippen molar-refractivity contribution in [1.82, 2.24) is 0 Å². The molecule has 0 radical (unpaired) electrons. The van der Waals surface area contributed by atoms with E-state index in [0.717, 1.165) is 17.0 Å². The van der Waals surface area contributed by atoms with Crippen molar-refractivity contribution < 1.29 is 23.7 Å². The van der Waals surface area contributed by atoms with Gasteiger partial charge in [0.2, 0.25) is 0 Å². The van der Waals surface area contributed by atoms with Crippen molar-refractivity contribution >= 4 is 11.6 Å². The number of fused-ring (bicyclic) bond motifs is 2. The summed E-state index contributed by atoms with van der Waals surface area (Å²) in [6.07, 6.45) is -0.548. The molecule has 5 atom stereocenters. The molecule has 4 rings (SSSR count). The molecule has 0 bridgehead atoms. The van der Waals surface area contributed by atoms with Crippen molar-refractivity contribution in [3.05, 3.63) is 34.3 Å². The zero-order chi connectivity index (χ0) is 16.2. The minimum Gasteiger partial charge on any atom is -0.370 e. The first kappa shape index (κ1) is 15.8. The van der Waals surface area contributed by atoms with E-state index in [0.29, 0.717) is 6.61 Å². The SMILES string of the molecule is COC1O[C@H]([C@@H]2OCCc3cc(Cl)ccc32)[C@H]2OC(C)(C)O[C@@H]12. The molecule has 0 aliphatic carbocycles. The monoisotopic (exact) mass is 340 g/mol. The molecule has 23 heavy (non-hydrogen) atoms. The average Bonchev–Trinajstić information content (AvgIpc) is 2.99. The van der Waals surface area contributed by atoms with E-state index in [4.69, 9.17) is 35.3 Å². The van der Waals surface area contributed by atoms with Crippen LogP contribution in [0.3, 0.4) is 0 Å². The summed E-state index contributed by atoms with van der Waals surface area (Å²) in [5, 5.41) is 0.742. The van der Waals surface area contributed by atoms with Crippen LogP contribution in [0.2, 0.25) is 5.02 Å². The van der Waals surface area contributed by atoms with Gasteiger partial charge in [0.1, 0.15) is 24.4 Å². The van der Waals surface area contributed by atoms with Crippen LogP contribution in [-0.4, -0.2) is 44.1 Å². The molecule has 0 saturated carbocycles. The Bertz CT molecular complexity index is 605. The predicted octanol–water partition coefficient (Wildman–Crippen LogP) is 2.85. The third-order valence-electron chi connectivity index (χ3n) is 4.66. The third kappa shape index (κ3) is 2.69. The van der Waals surface area contributed by atoms with Crippen LogP contribution in [0.15, 0.2) is 18.2 Å². The van der Waals surface area contributed by atoms with Crippen molar-refractivity contribution in [1.29, 1.82) is 0 Å². The standard InChI is InChI=1S/C17H21ClO5/c1-17(2)22-14-13(21-16(19-3)15(14)23-17)12-11-5-4-10(18)8-9(11)6-7-20-12/h4-5,8,12-16H,6-7H2,1-3H3/t12-,13-,14-,15-,16?/m1/s1. The summed E-state index contributed by atoms with van der Waals surface area (Å²) in [5.41, 5.74) is 2.31. The predicted molar refractivity (Wildman–Crippen MR) is 83.3 cm³/mol. The Morgan fingerprint density at radius 3 is 2.74 bits per heavy atom. The molecule has 1 aromatic rings. The summed E-state index contributed by atoms with van der Waals surface area (Å²) in [6.45, 7) is 4.45. The summed E-state index contributed by atoms with van der Waals surface area (Å²) in [7, 11) is 1.62. The second-order valence-corrected chi connectivity index (χ2v) is 7.09. The first-order valence-electron chi connectivity index (χ1n) is 7.92. The second-order valence-electron chi connectivity index (χ2n) is 6.65. The fraction of sp³-hybridized carbons (Fsp3) is 0.647. The number of benzene rings is 1. The lowest BCUT2D eigenvalue weighted by Gasteiger charge is -2.33. The fourth-order valence-corrected chi connectivity index (χ4v) is 3.95. The van der Waals surface area contributed by atoms with Gasteiger partial charge in [0.15, 0.2) is 12.1 Å². The number of halogens is 1. The van der Waals surface area contributed by atoms with Gasteiger partial charge in [-0.25, -0.2) is 0 Å². The summed E-state index contributed by atoms with van der Waals surface area (Å²) < 4.78 is 29.6. The van der Waals surface area contributed by atoms with Crippen molar-refractivity contribution in [2.45, 2.75) is 56.8 Å². The van der Waals surface area contributed by atoms with Crippen LogP contribution < -0.4 is 0 Å². The lowest BCUT2D eigenvalue weighted by Crippen LogP contribution is -2.37. The number of methoxy groups -OCH3 is 1. The number of ether oxygens (including phenoxy) is 5. The van der Waals surface area contributed by atoms with E-state index < -0.39 is 12.1 Å². The van der Waals surface area contributed by atoms with Crippen LogP contribution in [0.5, 0.6) is 0 Å². The highest BCUT2D eigenvalue weighted by Crippen LogP contribution is 2.45. The molecule has 2 fully saturated rings. The quantitative estimate of drug-likeness (QED) is 0.828. The summed E-state index contributed by atoms with van der Waals surface area (Å²) in [6, 6.07) is 5.90. The summed E-state index contributed by atoms with van der Waals surface area (Å²) >= 11 is 6.12. The molecule has 2 saturated heterocycles. The van der Waals surface area contributed by atoms with E-state index in [9.17, 15) is 0 Å². The van der Waals surface area contributed by atoms with Gasteiger partial charge in [-0.05, 0) is 43.5 Å².